The number of hydrogen-bond donors (Lipinski definition) is 0. The summed E-state index contributed by atoms with van der Waals surface area (Å²) in [5.41, 5.74) is 3.13. The molecule has 0 unspecified atom stereocenters. The van der Waals surface area contributed by atoms with E-state index in [4.69, 9.17) is 4.74 Å². The standard InChI is InChI=1S/C19H17N3O2S/c1-13-6-7-17-16(11-13)22(9-4-10-24-17)19(23)15-12-25-18(21-15)14-5-2-3-8-20-14/h2-3,5-8,11-12H,4,9-10H2,1H3. The summed E-state index contributed by atoms with van der Waals surface area (Å²) >= 11 is 1.43. The van der Waals surface area contributed by atoms with Crippen LogP contribution in [0.4, 0.5) is 5.69 Å². The third-order valence-corrected chi connectivity index (χ3v) is 4.91. The average molecular weight is 351 g/mol. The number of nitrogens with zero attached hydrogens (tertiary/aromatic N) is 3. The Labute approximate surface area is 149 Å². The van der Waals surface area contributed by atoms with Crippen molar-refractivity contribution in [3.05, 3.63) is 59.2 Å². The number of benzene rings is 1. The molecule has 2 aromatic heterocycles. The monoisotopic (exact) mass is 351 g/mol. The fourth-order valence-corrected chi connectivity index (χ4v) is 3.58. The molecule has 0 fully saturated rings. The Morgan fingerprint density at radius 3 is 3.04 bits per heavy atom. The van der Waals surface area contributed by atoms with Gasteiger partial charge in [0.25, 0.3) is 5.91 Å². The molecule has 3 heterocycles. The molecular formula is C19H17N3O2S. The number of aryl methyl sites for hydroxylation is 1. The van der Waals surface area contributed by atoms with E-state index >= 15 is 0 Å². The molecule has 0 saturated carbocycles. The third kappa shape index (κ3) is 3.13. The van der Waals surface area contributed by atoms with Crippen molar-refractivity contribution in [3.8, 4) is 16.5 Å². The van der Waals surface area contributed by atoms with E-state index in [9.17, 15) is 4.79 Å². The molecule has 126 valence electrons. The summed E-state index contributed by atoms with van der Waals surface area (Å²) in [6.45, 7) is 3.23. The van der Waals surface area contributed by atoms with Crippen LogP contribution in [0.1, 0.15) is 22.5 Å². The van der Waals surface area contributed by atoms with Crippen LogP contribution in [0.25, 0.3) is 10.7 Å². The second-order valence-electron chi connectivity index (χ2n) is 5.88. The van der Waals surface area contributed by atoms with E-state index < -0.39 is 0 Å². The number of hydrogen-bond acceptors (Lipinski definition) is 5. The van der Waals surface area contributed by atoms with Crippen LogP contribution in [0.2, 0.25) is 0 Å². The Morgan fingerprint density at radius 1 is 1.28 bits per heavy atom. The summed E-state index contributed by atoms with van der Waals surface area (Å²) in [6, 6.07) is 11.6. The van der Waals surface area contributed by atoms with Crippen LogP contribution < -0.4 is 9.64 Å². The van der Waals surface area contributed by atoms with Gasteiger partial charge in [-0.3, -0.25) is 9.78 Å². The van der Waals surface area contributed by atoms with Crippen molar-refractivity contribution >= 4 is 22.9 Å². The molecule has 1 aromatic carbocycles. The van der Waals surface area contributed by atoms with Crippen LogP contribution in [-0.4, -0.2) is 29.0 Å². The fourth-order valence-electron chi connectivity index (χ4n) is 2.81. The molecule has 25 heavy (non-hydrogen) atoms. The molecule has 1 aliphatic heterocycles. The van der Waals surface area contributed by atoms with Crippen molar-refractivity contribution in [2.75, 3.05) is 18.1 Å². The van der Waals surface area contributed by atoms with Gasteiger partial charge >= 0.3 is 0 Å². The minimum Gasteiger partial charge on any atom is -0.491 e. The van der Waals surface area contributed by atoms with Crippen LogP contribution in [0.3, 0.4) is 0 Å². The third-order valence-electron chi connectivity index (χ3n) is 4.04. The van der Waals surface area contributed by atoms with E-state index in [1.807, 2.05) is 43.3 Å². The molecule has 1 amide bonds. The van der Waals surface area contributed by atoms with Gasteiger partial charge < -0.3 is 9.64 Å². The maximum absolute atomic E-state index is 13.1. The molecule has 0 aliphatic carbocycles. The largest absolute Gasteiger partial charge is 0.491 e. The molecule has 0 bridgehead atoms. The van der Waals surface area contributed by atoms with Crippen molar-refractivity contribution in [2.24, 2.45) is 0 Å². The van der Waals surface area contributed by atoms with Crippen LogP contribution in [-0.2, 0) is 0 Å². The lowest BCUT2D eigenvalue weighted by atomic mass is 10.2. The van der Waals surface area contributed by atoms with E-state index in [-0.39, 0.29) is 5.91 Å². The highest BCUT2D eigenvalue weighted by molar-refractivity contribution is 7.13. The predicted molar refractivity (Wildman–Crippen MR) is 98.3 cm³/mol. The van der Waals surface area contributed by atoms with Crippen molar-refractivity contribution in [3.63, 3.8) is 0 Å². The van der Waals surface area contributed by atoms with Crippen LogP contribution >= 0.6 is 11.3 Å². The lowest BCUT2D eigenvalue weighted by Crippen LogP contribution is -2.31. The molecule has 4 rings (SSSR count). The minimum atomic E-state index is -0.101. The first kappa shape index (κ1) is 15.8. The van der Waals surface area contributed by atoms with E-state index in [1.165, 1.54) is 11.3 Å². The Morgan fingerprint density at radius 2 is 2.20 bits per heavy atom. The van der Waals surface area contributed by atoms with Gasteiger partial charge in [0.2, 0.25) is 0 Å². The molecule has 0 saturated heterocycles. The summed E-state index contributed by atoms with van der Waals surface area (Å²) in [5, 5.41) is 2.55. The van der Waals surface area contributed by atoms with E-state index in [0.717, 1.165) is 34.1 Å². The highest BCUT2D eigenvalue weighted by atomic mass is 32.1. The molecule has 0 atom stereocenters. The molecule has 0 radical (unpaired) electrons. The number of aromatic nitrogens is 2. The summed E-state index contributed by atoms with van der Waals surface area (Å²) in [4.78, 5) is 23.6. The quantitative estimate of drug-likeness (QED) is 0.702. The van der Waals surface area contributed by atoms with Gasteiger partial charge in [-0.1, -0.05) is 12.1 Å². The normalized spacial score (nSPS) is 13.7. The minimum absolute atomic E-state index is 0.101. The van der Waals surface area contributed by atoms with Crippen LogP contribution in [0, 0.1) is 6.92 Å². The number of amides is 1. The Balaban J connectivity index is 1.68. The van der Waals surface area contributed by atoms with Gasteiger partial charge in [0, 0.05) is 18.1 Å². The van der Waals surface area contributed by atoms with Gasteiger partial charge in [-0.15, -0.1) is 11.3 Å². The smallest absolute Gasteiger partial charge is 0.277 e. The highest BCUT2D eigenvalue weighted by Gasteiger charge is 2.25. The lowest BCUT2D eigenvalue weighted by Gasteiger charge is -2.21. The number of anilines is 1. The van der Waals surface area contributed by atoms with E-state index in [1.54, 1.807) is 16.5 Å². The maximum Gasteiger partial charge on any atom is 0.277 e. The molecular weight excluding hydrogens is 334 g/mol. The van der Waals surface area contributed by atoms with Crippen LogP contribution in [0.5, 0.6) is 5.75 Å². The lowest BCUT2D eigenvalue weighted by molar-refractivity contribution is 0.0983. The summed E-state index contributed by atoms with van der Waals surface area (Å²) in [5.74, 6) is 0.646. The number of carbonyl (C=O) groups excluding carboxylic acids is 1. The highest BCUT2D eigenvalue weighted by Crippen LogP contribution is 2.33. The first-order valence-electron chi connectivity index (χ1n) is 8.14. The van der Waals surface area contributed by atoms with Gasteiger partial charge in [0.1, 0.15) is 16.5 Å². The number of rotatable bonds is 2. The van der Waals surface area contributed by atoms with Gasteiger partial charge in [0.15, 0.2) is 0 Å². The molecule has 0 N–H and O–H groups in total. The Hall–Kier alpha value is -2.73. The molecule has 6 heteroatoms. The van der Waals surface area contributed by atoms with Crippen molar-refractivity contribution in [1.29, 1.82) is 0 Å². The topological polar surface area (TPSA) is 55.3 Å². The van der Waals surface area contributed by atoms with Crippen molar-refractivity contribution in [2.45, 2.75) is 13.3 Å². The first-order chi connectivity index (χ1) is 12.2. The van der Waals surface area contributed by atoms with Gasteiger partial charge in [-0.05, 0) is 43.2 Å². The van der Waals surface area contributed by atoms with Gasteiger partial charge in [-0.2, -0.15) is 0 Å². The van der Waals surface area contributed by atoms with Crippen molar-refractivity contribution < 1.29 is 9.53 Å². The fraction of sp³-hybridized carbons (Fsp3) is 0.211. The Bertz CT molecular complexity index is 908. The zero-order valence-corrected chi connectivity index (χ0v) is 14.6. The molecule has 5 nitrogen and oxygen atoms in total. The Kier molecular flexibility index (Phi) is 4.19. The number of pyridine rings is 1. The second kappa shape index (κ2) is 6.64. The number of thiazole rings is 1. The average Bonchev–Trinajstić information content (AvgIpc) is 3.04. The molecule has 1 aliphatic rings. The SMILES string of the molecule is Cc1ccc2c(c1)N(C(=O)c1csc(-c3ccccn3)n1)CCCO2. The van der Waals surface area contributed by atoms with Crippen LogP contribution in [0.15, 0.2) is 48.0 Å². The maximum atomic E-state index is 13.1. The summed E-state index contributed by atoms with van der Waals surface area (Å²) in [7, 11) is 0. The number of ether oxygens (including phenoxy) is 1. The number of carbonyl (C=O) groups is 1. The number of fused-ring (bicyclic) bond motifs is 1. The molecule has 3 aromatic rings. The second-order valence-corrected chi connectivity index (χ2v) is 6.74. The first-order valence-corrected chi connectivity index (χ1v) is 9.02. The predicted octanol–water partition coefficient (Wildman–Crippen LogP) is 3.94. The van der Waals surface area contributed by atoms with Gasteiger partial charge in [0.05, 0.1) is 18.0 Å². The zero-order valence-electron chi connectivity index (χ0n) is 13.8. The summed E-state index contributed by atoms with van der Waals surface area (Å²) < 4.78 is 5.77. The zero-order chi connectivity index (χ0) is 17.2. The van der Waals surface area contributed by atoms with Gasteiger partial charge in [-0.25, -0.2) is 4.98 Å². The van der Waals surface area contributed by atoms with E-state index in [0.29, 0.717) is 18.8 Å². The summed E-state index contributed by atoms with van der Waals surface area (Å²) in [6.07, 6.45) is 2.51. The van der Waals surface area contributed by atoms with E-state index in [2.05, 4.69) is 9.97 Å². The van der Waals surface area contributed by atoms with Crippen molar-refractivity contribution in [1.82, 2.24) is 9.97 Å². The molecule has 0 spiro atoms.